The Morgan fingerprint density at radius 3 is 2.46 bits per heavy atom. The SMILES string of the molecule is COc1ccc(/C=N/NC(=O)COc2ccc(-c3ccccc3)cc2Br)cc1. The third-order valence-corrected chi connectivity index (χ3v) is 4.54. The van der Waals surface area contributed by atoms with Crippen molar-refractivity contribution in [2.45, 2.75) is 0 Å². The summed E-state index contributed by atoms with van der Waals surface area (Å²) in [6.45, 7) is -0.136. The topological polar surface area (TPSA) is 59.9 Å². The highest BCUT2D eigenvalue weighted by molar-refractivity contribution is 9.10. The van der Waals surface area contributed by atoms with E-state index in [9.17, 15) is 4.79 Å². The zero-order chi connectivity index (χ0) is 19.8. The molecule has 0 spiro atoms. The second-order valence-electron chi connectivity index (χ2n) is 5.87. The Morgan fingerprint density at radius 2 is 1.79 bits per heavy atom. The molecule has 0 unspecified atom stereocenters. The van der Waals surface area contributed by atoms with E-state index in [0.717, 1.165) is 26.9 Å². The maximum atomic E-state index is 11.9. The van der Waals surface area contributed by atoms with Gasteiger partial charge in [-0.1, -0.05) is 36.4 Å². The van der Waals surface area contributed by atoms with Crippen LogP contribution in [-0.2, 0) is 4.79 Å². The monoisotopic (exact) mass is 438 g/mol. The molecule has 28 heavy (non-hydrogen) atoms. The van der Waals surface area contributed by atoms with E-state index >= 15 is 0 Å². The van der Waals surface area contributed by atoms with Gasteiger partial charge in [0.2, 0.25) is 0 Å². The fraction of sp³-hybridized carbons (Fsp3) is 0.0909. The van der Waals surface area contributed by atoms with Gasteiger partial charge >= 0.3 is 0 Å². The molecule has 0 aliphatic rings. The number of methoxy groups -OCH3 is 1. The number of ether oxygens (including phenoxy) is 2. The van der Waals surface area contributed by atoms with Crippen LogP contribution in [0.5, 0.6) is 11.5 Å². The molecular weight excluding hydrogens is 420 g/mol. The smallest absolute Gasteiger partial charge is 0.277 e. The molecule has 3 rings (SSSR count). The number of hydrogen-bond donors (Lipinski definition) is 1. The number of carbonyl (C=O) groups is 1. The summed E-state index contributed by atoms with van der Waals surface area (Å²) < 4.78 is 11.4. The van der Waals surface area contributed by atoms with Gasteiger partial charge in [-0.25, -0.2) is 5.43 Å². The van der Waals surface area contributed by atoms with Gasteiger partial charge in [0, 0.05) is 0 Å². The summed E-state index contributed by atoms with van der Waals surface area (Å²) >= 11 is 3.49. The van der Waals surface area contributed by atoms with Gasteiger partial charge in [-0.3, -0.25) is 4.79 Å². The summed E-state index contributed by atoms with van der Waals surface area (Å²) in [6, 6.07) is 23.1. The molecule has 0 saturated carbocycles. The normalized spacial score (nSPS) is 10.6. The molecule has 0 aromatic heterocycles. The molecule has 1 amide bonds. The number of nitrogens with zero attached hydrogens (tertiary/aromatic N) is 1. The molecule has 0 heterocycles. The Morgan fingerprint density at radius 1 is 1.04 bits per heavy atom. The molecule has 0 bridgehead atoms. The van der Waals surface area contributed by atoms with Crippen LogP contribution in [0.1, 0.15) is 5.56 Å². The van der Waals surface area contributed by atoms with Crippen LogP contribution in [0.4, 0.5) is 0 Å². The molecule has 5 nitrogen and oxygen atoms in total. The van der Waals surface area contributed by atoms with Gasteiger partial charge in [0.1, 0.15) is 11.5 Å². The van der Waals surface area contributed by atoms with Crippen LogP contribution in [0.25, 0.3) is 11.1 Å². The van der Waals surface area contributed by atoms with Crippen molar-refractivity contribution in [2.24, 2.45) is 5.10 Å². The van der Waals surface area contributed by atoms with Crippen LogP contribution in [0.15, 0.2) is 82.4 Å². The Kier molecular flexibility index (Phi) is 6.81. The minimum atomic E-state index is -0.344. The average molecular weight is 439 g/mol. The van der Waals surface area contributed by atoms with E-state index in [1.165, 1.54) is 0 Å². The number of rotatable bonds is 7. The summed E-state index contributed by atoms with van der Waals surface area (Å²) in [5, 5.41) is 3.93. The van der Waals surface area contributed by atoms with Gasteiger partial charge < -0.3 is 9.47 Å². The van der Waals surface area contributed by atoms with E-state index in [1.54, 1.807) is 13.3 Å². The van der Waals surface area contributed by atoms with E-state index in [1.807, 2.05) is 72.8 Å². The molecular formula is C22H19BrN2O3. The Labute approximate surface area is 172 Å². The van der Waals surface area contributed by atoms with Gasteiger partial charge in [-0.05, 0) is 69.0 Å². The number of halogens is 1. The number of benzene rings is 3. The predicted molar refractivity (Wildman–Crippen MR) is 114 cm³/mol. The molecule has 0 radical (unpaired) electrons. The minimum Gasteiger partial charge on any atom is -0.497 e. The van der Waals surface area contributed by atoms with Gasteiger partial charge in [0.05, 0.1) is 17.8 Å². The average Bonchev–Trinajstić information content (AvgIpc) is 2.74. The summed E-state index contributed by atoms with van der Waals surface area (Å²) in [7, 11) is 1.61. The standard InChI is InChI=1S/C22H19BrN2O3/c1-27-19-10-7-16(8-11-19)14-24-25-22(26)15-28-21-12-9-18(13-20(21)23)17-5-3-2-4-6-17/h2-14H,15H2,1H3,(H,25,26)/b24-14+. The summed E-state index contributed by atoms with van der Waals surface area (Å²) in [4.78, 5) is 11.9. The third-order valence-electron chi connectivity index (χ3n) is 3.92. The molecule has 0 atom stereocenters. The number of amides is 1. The minimum absolute atomic E-state index is 0.136. The first-order valence-electron chi connectivity index (χ1n) is 8.59. The molecule has 3 aromatic rings. The predicted octanol–water partition coefficient (Wildman–Crippen LogP) is 4.65. The van der Waals surface area contributed by atoms with Crippen LogP contribution < -0.4 is 14.9 Å². The molecule has 142 valence electrons. The Hall–Kier alpha value is -3.12. The summed E-state index contributed by atoms with van der Waals surface area (Å²) in [5.41, 5.74) is 5.47. The number of nitrogens with one attached hydrogen (secondary N) is 1. The van der Waals surface area contributed by atoms with E-state index in [-0.39, 0.29) is 12.5 Å². The number of hydrogen-bond acceptors (Lipinski definition) is 4. The van der Waals surface area contributed by atoms with Crippen molar-refractivity contribution in [3.63, 3.8) is 0 Å². The van der Waals surface area contributed by atoms with Crippen molar-refractivity contribution >= 4 is 28.1 Å². The zero-order valence-corrected chi connectivity index (χ0v) is 16.8. The zero-order valence-electron chi connectivity index (χ0n) is 15.3. The first kappa shape index (κ1) is 19.6. The maximum absolute atomic E-state index is 11.9. The second-order valence-corrected chi connectivity index (χ2v) is 6.72. The quantitative estimate of drug-likeness (QED) is 0.431. The first-order valence-corrected chi connectivity index (χ1v) is 9.39. The molecule has 3 aromatic carbocycles. The molecule has 0 aliphatic carbocycles. The fourth-order valence-electron chi connectivity index (χ4n) is 2.47. The van der Waals surface area contributed by atoms with Gasteiger partial charge in [-0.15, -0.1) is 0 Å². The second kappa shape index (κ2) is 9.71. The van der Waals surface area contributed by atoms with Crippen molar-refractivity contribution in [1.82, 2.24) is 5.43 Å². The van der Waals surface area contributed by atoms with Crippen molar-refractivity contribution in [3.05, 3.63) is 82.8 Å². The Bertz CT molecular complexity index is 957. The van der Waals surface area contributed by atoms with Crippen LogP contribution >= 0.6 is 15.9 Å². The lowest BCUT2D eigenvalue weighted by molar-refractivity contribution is -0.123. The lowest BCUT2D eigenvalue weighted by Gasteiger charge is -2.09. The van der Waals surface area contributed by atoms with Crippen LogP contribution in [0, 0.1) is 0 Å². The highest BCUT2D eigenvalue weighted by Crippen LogP contribution is 2.30. The highest BCUT2D eigenvalue weighted by Gasteiger charge is 2.07. The van der Waals surface area contributed by atoms with E-state index in [2.05, 4.69) is 26.5 Å². The third kappa shape index (κ3) is 5.44. The van der Waals surface area contributed by atoms with E-state index in [0.29, 0.717) is 5.75 Å². The summed E-state index contributed by atoms with van der Waals surface area (Å²) in [6.07, 6.45) is 1.56. The van der Waals surface area contributed by atoms with Crippen molar-refractivity contribution in [2.75, 3.05) is 13.7 Å². The van der Waals surface area contributed by atoms with Gasteiger partial charge in [0.15, 0.2) is 6.61 Å². The van der Waals surface area contributed by atoms with E-state index < -0.39 is 0 Å². The first-order chi connectivity index (χ1) is 13.7. The largest absolute Gasteiger partial charge is 0.497 e. The molecule has 6 heteroatoms. The number of hydrazone groups is 1. The highest BCUT2D eigenvalue weighted by atomic mass is 79.9. The van der Waals surface area contributed by atoms with Crippen molar-refractivity contribution in [3.8, 4) is 22.6 Å². The molecule has 0 saturated heterocycles. The van der Waals surface area contributed by atoms with Crippen LogP contribution in [0.2, 0.25) is 0 Å². The van der Waals surface area contributed by atoms with Crippen LogP contribution in [0.3, 0.4) is 0 Å². The van der Waals surface area contributed by atoms with Crippen molar-refractivity contribution in [1.29, 1.82) is 0 Å². The van der Waals surface area contributed by atoms with Crippen molar-refractivity contribution < 1.29 is 14.3 Å². The maximum Gasteiger partial charge on any atom is 0.277 e. The lowest BCUT2D eigenvalue weighted by Crippen LogP contribution is -2.24. The molecule has 1 N–H and O–H groups in total. The van der Waals surface area contributed by atoms with Gasteiger partial charge in [0.25, 0.3) is 5.91 Å². The molecule has 0 aliphatic heterocycles. The fourth-order valence-corrected chi connectivity index (χ4v) is 2.97. The van der Waals surface area contributed by atoms with Gasteiger partial charge in [-0.2, -0.15) is 5.10 Å². The lowest BCUT2D eigenvalue weighted by atomic mass is 10.1. The molecule has 0 fully saturated rings. The Balaban J connectivity index is 1.52. The van der Waals surface area contributed by atoms with E-state index in [4.69, 9.17) is 9.47 Å². The number of carbonyl (C=O) groups excluding carboxylic acids is 1. The van der Waals surface area contributed by atoms with Crippen LogP contribution in [-0.4, -0.2) is 25.8 Å². The summed E-state index contributed by atoms with van der Waals surface area (Å²) in [5.74, 6) is 1.01.